The predicted octanol–water partition coefficient (Wildman–Crippen LogP) is 4.01. The number of carboxylic acid groups (broad SMARTS) is 1. The number of nitrogens with zero attached hydrogens (tertiary/aromatic N) is 2. The Morgan fingerprint density at radius 1 is 0.690 bits per heavy atom. The fourth-order valence-corrected chi connectivity index (χ4v) is 7.76. The first-order chi connectivity index (χ1) is 19.8. The number of hydrogen-bond acceptors (Lipinski definition) is 7. The van der Waals surface area contributed by atoms with Crippen LogP contribution in [0.4, 0.5) is 11.4 Å². The number of anilines is 2. The van der Waals surface area contributed by atoms with Crippen LogP contribution in [0.25, 0.3) is 21.5 Å². The van der Waals surface area contributed by atoms with Crippen LogP contribution >= 0.6 is 0 Å². The van der Waals surface area contributed by atoms with Crippen molar-refractivity contribution in [2.75, 3.05) is 44.5 Å². The minimum atomic E-state index is -4.17. The third kappa shape index (κ3) is 6.67. The normalized spacial score (nSPS) is 12.9. The van der Waals surface area contributed by atoms with E-state index in [1.54, 1.807) is 36.4 Å². The Labute approximate surface area is 247 Å². The van der Waals surface area contributed by atoms with Crippen LogP contribution in [0.2, 0.25) is 0 Å². The lowest BCUT2D eigenvalue weighted by atomic mass is 10.1. The molecule has 224 valence electrons. The molecule has 4 aromatic carbocycles. The molecule has 0 spiro atoms. The summed E-state index contributed by atoms with van der Waals surface area (Å²) in [5.41, 5.74) is 1.73. The van der Waals surface area contributed by atoms with Gasteiger partial charge in [0.05, 0.1) is 9.79 Å². The number of fused-ring (bicyclic) bond motifs is 2. The Hall–Kier alpha value is -3.71. The summed E-state index contributed by atoms with van der Waals surface area (Å²) in [4.78, 5) is 15.9. The summed E-state index contributed by atoms with van der Waals surface area (Å²) in [5, 5.41) is 12.4. The molecule has 0 saturated heterocycles. The van der Waals surface area contributed by atoms with Crippen LogP contribution in [0.1, 0.15) is 19.3 Å². The molecule has 0 aliphatic carbocycles. The van der Waals surface area contributed by atoms with Crippen molar-refractivity contribution in [3.8, 4) is 0 Å². The summed E-state index contributed by atoms with van der Waals surface area (Å²) in [6.07, 6.45) is 0.589. The molecule has 0 aromatic heterocycles. The van der Waals surface area contributed by atoms with Gasteiger partial charge in [0.15, 0.2) is 0 Å². The first-order valence-electron chi connectivity index (χ1n) is 13.5. The molecule has 3 N–H and O–H groups in total. The molecule has 0 amide bonds. The van der Waals surface area contributed by atoms with Gasteiger partial charge in [-0.2, -0.15) is 4.72 Å². The highest BCUT2D eigenvalue weighted by atomic mass is 32.2. The summed E-state index contributed by atoms with van der Waals surface area (Å²) in [7, 11) is -0.513. The van der Waals surface area contributed by atoms with Crippen LogP contribution in [0, 0.1) is 0 Å². The Balaban J connectivity index is 1.42. The van der Waals surface area contributed by atoms with Crippen LogP contribution in [0.3, 0.4) is 0 Å². The summed E-state index contributed by atoms with van der Waals surface area (Å²) < 4.78 is 57.8. The standard InChI is InChI=1S/C30H36N4O6S2/c1-33(2)26-16-7-13-23-21(26)11-9-18-28(23)41(37,38)31-20-6-5-15-25(30(35)36)32-42(39,40)29-19-10-12-22-24(29)14-8-17-27(22)34(3)4/h7-14,16-19,25,31-32H,5-6,15,20H2,1-4H3,(H,35,36). The molecular weight excluding hydrogens is 576 g/mol. The van der Waals surface area contributed by atoms with E-state index in [-0.39, 0.29) is 29.2 Å². The maximum absolute atomic E-state index is 13.3. The maximum atomic E-state index is 13.3. The van der Waals surface area contributed by atoms with Gasteiger partial charge in [-0.15, -0.1) is 0 Å². The number of benzene rings is 4. The van der Waals surface area contributed by atoms with Crippen molar-refractivity contribution >= 4 is 58.9 Å². The van der Waals surface area contributed by atoms with Crippen molar-refractivity contribution in [1.29, 1.82) is 0 Å². The first-order valence-corrected chi connectivity index (χ1v) is 16.4. The van der Waals surface area contributed by atoms with Gasteiger partial charge in [0, 0.05) is 67.7 Å². The molecule has 1 unspecified atom stereocenters. The molecule has 0 heterocycles. The average Bonchev–Trinajstić information content (AvgIpc) is 2.94. The van der Waals surface area contributed by atoms with Gasteiger partial charge in [0.2, 0.25) is 20.0 Å². The van der Waals surface area contributed by atoms with E-state index >= 15 is 0 Å². The molecule has 1 atom stereocenters. The van der Waals surface area contributed by atoms with Crippen molar-refractivity contribution in [2.24, 2.45) is 0 Å². The van der Waals surface area contributed by atoms with Gasteiger partial charge in [-0.3, -0.25) is 4.79 Å². The summed E-state index contributed by atoms with van der Waals surface area (Å²) >= 11 is 0. The van der Waals surface area contributed by atoms with Crippen molar-refractivity contribution in [3.63, 3.8) is 0 Å². The van der Waals surface area contributed by atoms with Crippen molar-refractivity contribution < 1.29 is 26.7 Å². The highest BCUT2D eigenvalue weighted by molar-refractivity contribution is 7.90. The predicted molar refractivity (Wildman–Crippen MR) is 167 cm³/mol. The number of aliphatic carboxylic acids is 1. The Kier molecular flexibility index (Phi) is 9.41. The topological polar surface area (TPSA) is 136 Å². The number of rotatable bonds is 13. The van der Waals surface area contributed by atoms with Crippen LogP contribution in [0.15, 0.2) is 82.6 Å². The molecular formula is C30H36N4O6S2. The molecule has 12 heteroatoms. The van der Waals surface area contributed by atoms with E-state index in [0.29, 0.717) is 17.2 Å². The summed E-state index contributed by atoms with van der Waals surface area (Å²) in [6, 6.07) is 19.5. The van der Waals surface area contributed by atoms with Crippen molar-refractivity contribution in [3.05, 3.63) is 72.8 Å². The number of carbonyl (C=O) groups is 1. The Morgan fingerprint density at radius 2 is 1.14 bits per heavy atom. The van der Waals surface area contributed by atoms with E-state index in [1.165, 1.54) is 6.07 Å². The first kappa shape index (κ1) is 31.2. The SMILES string of the molecule is CN(C)c1cccc2c(S(=O)(=O)NCCCCC(NS(=O)(=O)c3cccc4c(N(C)C)cccc34)C(=O)O)cccc12. The zero-order valence-corrected chi connectivity index (χ0v) is 25.7. The number of carboxylic acids is 1. The van der Waals surface area contributed by atoms with Crippen LogP contribution in [-0.4, -0.2) is 68.7 Å². The molecule has 10 nitrogen and oxygen atoms in total. The zero-order valence-electron chi connectivity index (χ0n) is 24.0. The lowest BCUT2D eigenvalue weighted by molar-refractivity contribution is -0.139. The smallest absolute Gasteiger partial charge is 0.321 e. The van der Waals surface area contributed by atoms with Gasteiger partial charge >= 0.3 is 5.97 Å². The van der Waals surface area contributed by atoms with E-state index in [1.807, 2.05) is 68.3 Å². The Morgan fingerprint density at radius 3 is 1.62 bits per heavy atom. The van der Waals surface area contributed by atoms with Gasteiger partial charge in [0.25, 0.3) is 0 Å². The number of sulfonamides is 2. The number of unbranched alkanes of at least 4 members (excludes halogenated alkanes) is 1. The zero-order chi connectivity index (χ0) is 30.7. The van der Waals surface area contributed by atoms with Gasteiger partial charge in [0.1, 0.15) is 6.04 Å². The second kappa shape index (κ2) is 12.7. The van der Waals surface area contributed by atoms with Crippen molar-refractivity contribution in [2.45, 2.75) is 35.1 Å². The van der Waals surface area contributed by atoms with Crippen LogP contribution < -0.4 is 19.2 Å². The fourth-order valence-electron chi connectivity index (χ4n) is 5.02. The van der Waals surface area contributed by atoms with Crippen LogP contribution in [0.5, 0.6) is 0 Å². The molecule has 0 bridgehead atoms. The van der Waals surface area contributed by atoms with Gasteiger partial charge < -0.3 is 14.9 Å². The largest absolute Gasteiger partial charge is 0.480 e. The molecule has 42 heavy (non-hydrogen) atoms. The van der Waals surface area contributed by atoms with Gasteiger partial charge in [-0.25, -0.2) is 21.6 Å². The molecule has 0 saturated carbocycles. The lowest BCUT2D eigenvalue weighted by Crippen LogP contribution is -2.40. The summed E-state index contributed by atoms with van der Waals surface area (Å²) in [6.45, 7) is 0.0712. The number of hydrogen-bond donors (Lipinski definition) is 3. The number of nitrogens with one attached hydrogen (secondary N) is 2. The molecule has 0 fully saturated rings. The third-order valence-electron chi connectivity index (χ3n) is 7.07. The van der Waals surface area contributed by atoms with Crippen LogP contribution in [-0.2, 0) is 24.8 Å². The van der Waals surface area contributed by atoms with Crippen molar-refractivity contribution in [1.82, 2.24) is 9.44 Å². The quantitative estimate of drug-likeness (QED) is 0.193. The molecule has 0 aliphatic rings. The molecule has 4 rings (SSSR count). The van der Waals surface area contributed by atoms with E-state index in [9.17, 15) is 26.7 Å². The van der Waals surface area contributed by atoms with E-state index in [0.717, 1.165) is 22.1 Å². The van der Waals surface area contributed by atoms with E-state index < -0.39 is 32.1 Å². The van der Waals surface area contributed by atoms with Gasteiger partial charge in [-0.1, -0.05) is 48.5 Å². The average molecular weight is 613 g/mol. The lowest BCUT2D eigenvalue weighted by Gasteiger charge is -2.19. The molecule has 0 radical (unpaired) electrons. The third-order valence-corrected chi connectivity index (χ3v) is 10.1. The molecule has 0 aliphatic heterocycles. The molecule has 4 aromatic rings. The highest BCUT2D eigenvalue weighted by Gasteiger charge is 2.27. The summed E-state index contributed by atoms with van der Waals surface area (Å²) in [5.74, 6) is -1.30. The van der Waals surface area contributed by atoms with Gasteiger partial charge in [-0.05, 0) is 43.5 Å². The van der Waals surface area contributed by atoms with E-state index in [4.69, 9.17) is 0 Å². The maximum Gasteiger partial charge on any atom is 0.321 e. The fraction of sp³-hybridized carbons (Fsp3) is 0.300. The second-order valence-electron chi connectivity index (χ2n) is 10.5. The monoisotopic (exact) mass is 612 g/mol. The van der Waals surface area contributed by atoms with E-state index in [2.05, 4.69) is 9.44 Å². The minimum absolute atomic E-state index is 0.00442. The highest BCUT2D eigenvalue weighted by Crippen LogP contribution is 2.31. The second-order valence-corrected chi connectivity index (χ2v) is 13.9. The Bertz CT molecular complexity index is 1820. The minimum Gasteiger partial charge on any atom is -0.480 e.